The molecule has 1 unspecified atom stereocenters. The lowest BCUT2D eigenvalue weighted by molar-refractivity contribution is 0.00624. The van der Waals surface area contributed by atoms with Crippen molar-refractivity contribution >= 4 is 11.5 Å². The van der Waals surface area contributed by atoms with Crippen molar-refractivity contribution < 1.29 is 9.47 Å². The largest absolute Gasteiger partial charge is 0.457 e. The summed E-state index contributed by atoms with van der Waals surface area (Å²) >= 11 is 0. The van der Waals surface area contributed by atoms with Crippen LogP contribution < -0.4 is 10.1 Å². The third-order valence-corrected chi connectivity index (χ3v) is 4.94. The number of likely N-dealkylation sites (N-methyl/N-ethyl adjacent to an activating group) is 1. The maximum Gasteiger partial charge on any atom is 0.130 e. The van der Waals surface area contributed by atoms with Crippen LogP contribution >= 0.6 is 0 Å². The fraction of sp³-hybridized carbons (Fsp3) is 0.261. The standard InChI is InChI=1S/C23H25N3O2/c1-26-14-15-27-17-20(26)16-18-5-9-21(10-6-18)28-22-11-7-19(8-12-22)25-23-4-2-3-13-24-23/h2-13,20H,14-17H2,1H3,(H,24,25). The molecule has 2 heterocycles. The number of hydrogen-bond donors (Lipinski definition) is 1. The van der Waals surface area contributed by atoms with Gasteiger partial charge in [-0.1, -0.05) is 18.2 Å². The Morgan fingerprint density at radius 3 is 2.46 bits per heavy atom. The lowest BCUT2D eigenvalue weighted by Gasteiger charge is -2.32. The zero-order chi connectivity index (χ0) is 19.2. The molecule has 144 valence electrons. The van der Waals surface area contributed by atoms with Gasteiger partial charge in [0, 0.05) is 24.5 Å². The van der Waals surface area contributed by atoms with Gasteiger partial charge in [-0.3, -0.25) is 4.90 Å². The van der Waals surface area contributed by atoms with E-state index in [4.69, 9.17) is 9.47 Å². The molecule has 3 aromatic rings. The molecule has 1 aromatic heterocycles. The topological polar surface area (TPSA) is 46.6 Å². The van der Waals surface area contributed by atoms with Crippen molar-refractivity contribution in [2.45, 2.75) is 12.5 Å². The predicted octanol–water partition coefficient (Wildman–Crippen LogP) is 4.49. The first-order valence-corrected chi connectivity index (χ1v) is 9.59. The summed E-state index contributed by atoms with van der Waals surface area (Å²) in [5.41, 5.74) is 2.27. The molecule has 1 fully saturated rings. The second-order valence-corrected chi connectivity index (χ2v) is 7.02. The van der Waals surface area contributed by atoms with Crippen LogP contribution in [-0.2, 0) is 11.2 Å². The fourth-order valence-corrected chi connectivity index (χ4v) is 3.25. The van der Waals surface area contributed by atoms with Gasteiger partial charge in [0.15, 0.2) is 0 Å². The van der Waals surface area contributed by atoms with Crippen molar-refractivity contribution in [2.75, 3.05) is 32.1 Å². The highest BCUT2D eigenvalue weighted by atomic mass is 16.5. The van der Waals surface area contributed by atoms with E-state index < -0.39 is 0 Å². The molecule has 0 spiro atoms. The van der Waals surface area contributed by atoms with Gasteiger partial charge in [0.2, 0.25) is 0 Å². The maximum atomic E-state index is 5.97. The molecule has 4 rings (SSSR count). The van der Waals surface area contributed by atoms with Crippen LogP contribution in [0.5, 0.6) is 11.5 Å². The number of hydrogen-bond acceptors (Lipinski definition) is 5. The Bertz CT molecular complexity index is 867. The number of aromatic nitrogens is 1. The first kappa shape index (κ1) is 18.5. The van der Waals surface area contributed by atoms with E-state index in [0.29, 0.717) is 6.04 Å². The quantitative estimate of drug-likeness (QED) is 0.688. The van der Waals surface area contributed by atoms with Crippen LogP contribution in [0.2, 0.25) is 0 Å². The minimum absolute atomic E-state index is 0.444. The molecular formula is C23H25N3O2. The van der Waals surface area contributed by atoms with Gasteiger partial charge in [0.25, 0.3) is 0 Å². The molecular weight excluding hydrogens is 350 g/mol. The summed E-state index contributed by atoms with van der Waals surface area (Å²) in [6.45, 7) is 2.63. The third-order valence-electron chi connectivity index (χ3n) is 4.94. The van der Waals surface area contributed by atoms with Crippen LogP contribution in [0.15, 0.2) is 72.9 Å². The number of ether oxygens (including phenoxy) is 2. The van der Waals surface area contributed by atoms with E-state index >= 15 is 0 Å². The first-order chi connectivity index (χ1) is 13.8. The van der Waals surface area contributed by atoms with Crippen LogP contribution in [0.4, 0.5) is 11.5 Å². The zero-order valence-corrected chi connectivity index (χ0v) is 16.0. The molecule has 1 N–H and O–H groups in total. The van der Waals surface area contributed by atoms with Gasteiger partial charge in [0.05, 0.1) is 13.2 Å². The van der Waals surface area contributed by atoms with E-state index in [9.17, 15) is 0 Å². The monoisotopic (exact) mass is 375 g/mol. The SMILES string of the molecule is CN1CCOCC1Cc1ccc(Oc2ccc(Nc3ccccn3)cc2)cc1. The number of nitrogens with one attached hydrogen (secondary N) is 1. The lowest BCUT2D eigenvalue weighted by Crippen LogP contribution is -2.43. The van der Waals surface area contributed by atoms with Gasteiger partial charge >= 0.3 is 0 Å². The molecule has 2 aromatic carbocycles. The number of nitrogens with zero attached hydrogens (tertiary/aromatic N) is 2. The van der Waals surface area contributed by atoms with Crippen molar-refractivity contribution in [1.82, 2.24) is 9.88 Å². The minimum Gasteiger partial charge on any atom is -0.457 e. The second kappa shape index (κ2) is 8.87. The maximum absolute atomic E-state index is 5.97. The van der Waals surface area contributed by atoms with Crippen LogP contribution in [-0.4, -0.2) is 42.7 Å². The normalized spacial score (nSPS) is 17.2. The average molecular weight is 375 g/mol. The van der Waals surface area contributed by atoms with E-state index in [0.717, 1.165) is 49.2 Å². The molecule has 5 nitrogen and oxygen atoms in total. The van der Waals surface area contributed by atoms with Crippen molar-refractivity contribution in [3.05, 3.63) is 78.5 Å². The number of benzene rings is 2. The van der Waals surface area contributed by atoms with Crippen LogP contribution in [0, 0.1) is 0 Å². The summed E-state index contributed by atoms with van der Waals surface area (Å²) in [4.78, 5) is 6.64. The van der Waals surface area contributed by atoms with Gasteiger partial charge in [0.1, 0.15) is 17.3 Å². The molecule has 28 heavy (non-hydrogen) atoms. The smallest absolute Gasteiger partial charge is 0.130 e. The molecule has 0 bridgehead atoms. The number of rotatable bonds is 6. The Morgan fingerprint density at radius 2 is 1.79 bits per heavy atom. The van der Waals surface area contributed by atoms with Crippen LogP contribution in [0.25, 0.3) is 0 Å². The van der Waals surface area contributed by atoms with Crippen molar-refractivity contribution in [1.29, 1.82) is 0 Å². The zero-order valence-electron chi connectivity index (χ0n) is 16.0. The summed E-state index contributed by atoms with van der Waals surface area (Å²) in [7, 11) is 2.16. The summed E-state index contributed by atoms with van der Waals surface area (Å²) in [5, 5.41) is 3.26. The lowest BCUT2D eigenvalue weighted by atomic mass is 10.0. The van der Waals surface area contributed by atoms with E-state index in [1.165, 1.54) is 5.56 Å². The molecule has 0 aliphatic carbocycles. The molecule has 1 saturated heterocycles. The third kappa shape index (κ3) is 4.88. The molecule has 5 heteroatoms. The highest BCUT2D eigenvalue weighted by molar-refractivity contribution is 5.57. The van der Waals surface area contributed by atoms with E-state index in [1.807, 2.05) is 54.6 Å². The van der Waals surface area contributed by atoms with E-state index in [-0.39, 0.29) is 0 Å². The van der Waals surface area contributed by atoms with Crippen molar-refractivity contribution in [2.24, 2.45) is 0 Å². The summed E-state index contributed by atoms with van der Waals surface area (Å²) in [6, 6.07) is 22.4. The van der Waals surface area contributed by atoms with Gasteiger partial charge in [-0.25, -0.2) is 4.98 Å². The Morgan fingerprint density at radius 1 is 1.04 bits per heavy atom. The Kier molecular flexibility index (Phi) is 5.85. The second-order valence-electron chi connectivity index (χ2n) is 7.02. The molecule has 0 saturated carbocycles. The van der Waals surface area contributed by atoms with E-state index in [2.05, 4.69) is 34.4 Å². The van der Waals surface area contributed by atoms with Gasteiger partial charge in [-0.15, -0.1) is 0 Å². The average Bonchev–Trinajstić information content (AvgIpc) is 2.73. The Balaban J connectivity index is 1.34. The molecule has 1 atom stereocenters. The number of morpholine rings is 1. The molecule has 1 aliphatic heterocycles. The predicted molar refractivity (Wildman–Crippen MR) is 111 cm³/mol. The highest BCUT2D eigenvalue weighted by Gasteiger charge is 2.19. The Labute approximate surface area is 165 Å². The van der Waals surface area contributed by atoms with Crippen molar-refractivity contribution in [3.8, 4) is 11.5 Å². The summed E-state index contributed by atoms with van der Waals surface area (Å²) < 4.78 is 11.6. The number of pyridine rings is 1. The summed E-state index contributed by atoms with van der Waals surface area (Å²) in [6.07, 6.45) is 2.76. The summed E-state index contributed by atoms with van der Waals surface area (Å²) in [5.74, 6) is 2.46. The van der Waals surface area contributed by atoms with Crippen molar-refractivity contribution in [3.63, 3.8) is 0 Å². The van der Waals surface area contributed by atoms with E-state index in [1.54, 1.807) is 6.20 Å². The fourth-order valence-electron chi connectivity index (χ4n) is 3.25. The molecule has 0 amide bonds. The highest BCUT2D eigenvalue weighted by Crippen LogP contribution is 2.25. The minimum atomic E-state index is 0.444. The Hall–Kier alpha value is -2.89. The van der Waals surface area contributed by atoms with Gasteiger partial charge < -0.3 is 14.8 Å². The molecule has 0 radical (unpaired) electrons. The van der Waals surface area contributed by atoms with Crippen LogP contribution in [0.1, 0.15) is 5.56 Å². The van der Waals surface area contributed by atoms with Gasteiger partial charge in [-0.2, -0.15) is 0 Å². The van der Waals surface area contributed by atoms with Crippen LogP contribution in [0.3, 0.4) is 0 Å². The number of anilines is 2. The van der Waals surface area contributed by atoms with Gasteiger partial charge in [-0.05, 0) is 67.6 Å². The molecule has 1 aliphatic rings. The first-order valence-electron chi connectivity index (χ1n) is 9.59.